The summed E-state index contributed by atoms with van der Waals surface area (Å²) in [4.78, 5) is 12.0. The average Bonchev–Trinajstić information content (AvgIpc) is 2.40. The van der Waals surface area contributed by atoms with E-state index in [0.29, 0.717) is 19.7 Å². The molecule has 21 heavy (non-hydrogen) atoms. The first-order chi connectivity index (χ1) is 9.66. The van der Waals surface area contributed by atoms with Crippen molar-refractivity contribution in [3.8, 4) is 0 Å². The Morgan fingerprint density at radius 3 is 2.52 bits per heavy atom. The first kappa shape index (κ1) is 18.4. The van der Waals surface area contributed by atoms with Gasteiger partial charge in [-0.05, 0) is 37.0 Å². The third-order valence-corrected chi connectivity index (χ3v) is 4.28. The molecule has 4 nitrogen and oxygen atoms in total. The van der Waals surface area contributed by atoms with Gasteiger partial charge in [-0.1, -0.05) is 28.1 Å². The molecule has 0 bridgehead atoms. The Morgan fingerprint density at radius 1 is 1.33 bits per heavy atom. The second-order valence-corrected chi connectivity index (χ2v) is 6.08. The van der Waals surface area contributed by atoms with Gasteiger partial charge in [-0.15, -0.1) is 12.4 Å². The number of ether oxygens (including phenoxy) is 1. The minimum atomic E-state index is -0.166. The molecule has 1 aromatic carbocycles. The fraction of sp³-hybridized carbons (Fsp3) is 0.533. The molecule has 2 rings (SSSR count). The van der Waals surface area contributed by atoms with Gasteiger partial charge < -0.3 is 15.4 Å². The molecule has 118 valence electrons. The van der Waals surface area contributed by atoms with Crippen LogP contribution in [0.25, 0.3) is 0 Å². The second-order valence-electron chi connectivity index (χ2n) is 5.16. The molecule has 1 aliphatic rings. The monoisotopic (exact) mass is 376 g/mol. The van der Waals surface area contributed by atoms with Gasteiger partial charge in [0.15, 0.2) is 0 Å². The molecule has 2 N–H and O–H groups in total. The summed E-state index contributed by atoms with van der Waals surface area (Å²) in [5.74, 6) is 0.0451. The van der Waals surface area contributed by atoms with Crippen LogP contribution in [-0.2, 0) is 15.1 Å². The van der Waals surface area contributed by atoms with Gasteiger partial charge in [0.1, 0.15) is 0 Å². The smallest absolute Gasteiger partial charge is 0.234 e. The van der Waals surface area contributed by atoms with E-state index in [9.17, 15) is 4.79 Å². The van der Waals surface area contributed by atoms with Crippen LogP contribution < -0.4 is 10.6 Å². The van der Waals surface area contributed by atoms with Gasteiger partial charge in [0.05, 0.1) is 18.7 Å². The predicted octanol–water partition coefficient (Wildman–Crippen LogP) is 2.60. The van der Waals surface area contributed by atoms with Crippen LogP contribution in [-0.4, -0.2) is 32.7 Å². The van der Waals surface area contributed by atoms with Gasteiger partial charge in [-0.3, -0.25) is 4.79 Å². The van der Waals surface area contributed by atoms with E-state index in [4.69, 9.17) is 4.74 Å². The van der Waals surface area contributed by atoms with E-state index < -0.39 is 0 Å². The van der Waals surface area contributed by atoms with E-state index in [-0.39, 0.29) is 23.9 Å². The normalized spacial score (nSPS) is 15.7. The first-order valence-corrected chi connectivity index (χ1v) is 7.72. The zero-order valence-corrected chi connectivity index (χ0v) is 14.6. The lowest BCUT2D eigenvalue weighted by Crippen LogP contribution is -2.53. The summed E-state index contributed by atoms with van der Waals surface area (Å²) in [7, 11) is 1.65. The van der Waals surface area contributed by atoms with Crippen molar-refractivity contribution in [3.05, 3.63) is 34.3 Å². The number of methoxy groups -OCH3 is 1. The number of benzene rings is 1. The highest BCUT2D eigenvalue weighted by molar-refractivity contribution is 9.10. The van der Waals surface area contributed by atoms with Gasteiger partial charge in [-0.2, -0.15) is 0 Å². The molecule has 0 aromatic heterocycles. The molecule has 1 aromatic rings. The molecular weight excluding hydrogens is 356 g/mol. The third kappa shape index (κ3) is 4.95. The molecule has 1 amide bonds. The van der Waals surface area contributed by atoms with E-state index in [0.717, 1.165) is 23.7 Å². The molecule has 0 aliphatic heterocycles. The van der Waals surface area contributed by atoms with Gasteiger partial charge >= 0.3 is 0 Å². The van der Waals surface area contributed by atoms with Crippen molar-refractivity contribution in [2.24, 2.45) is 0 Å². The highest BCUT2D eigenvalue weighted by Crippen LogP contribution is 2.41. The van der Waals surface area contributed by atoms with Gasteiger partial charge in [-0.25, -0.2) is 0 Å². The first-order valence-electron chi connectivity index (χ1n) is 6.93. The minimum absolute atomic E-state index is 0. The van der Waals surface area contributed by atoms with Crippen molar-refractivity contribution < 1.29 is 9.53 Å². The zero-order valence-electron chi connectivity index (χ0n) is 12.2. The summed E-state index contributed by atoms with van der Waals surface area (Å²) in [5.41, 5.74) is 1.03. The number of hydrogen-bond donors (Lipinski definition) is 2. The van der Waals surface area contributed by atoms with Crippen molar-refractivity contribution in [1.82, 2.24) is 10.6 Å². The maximum atomic E-state index is 12.0. The van der Waals surface area contributed by atoms with Crippen molar-refractivity contribution in [1.29, 1.82) is 0 Å². The molecule has 6 heteroatoms. The highest BCUT2D eigenvalue weighted by Gasteiger charge is 2.39. The molecule has 0 heterocycles. The summed E-state index contributed by atoms with van der Waals surface area (Å²) in [6.07, 6.45) is 3.18. The second kappa shape index (κ2) is 8.73. The third-order valence-electron chi connectivity index (χ3n) is 3.75. The SMILES string of the molecule is COCCNCC(=O)NC1(c2ccc(Br)cc2)CCC1.Cl. The molecule has 1 fully saturated rings. The number of halogens is 2. The maximum Gasteiger partial charge on any atom is 0.234 e. The lowest BCUT2D eigenvalue weighted by molar-refractivity contribution is -0.123. The van der Waals surface area contributed by atoms with Crippen molar-refractivity contribution >= 4 is 34.2 Å². The highest BCUT2D eigenvalue weighted by atomic mass is 79.9. The number of rotatable bonds is 7. The largest absolute Gasteiger partial charge is 0.383 e. The van der Waals surface area contributed by atoms with Gasteiger partial charge in [0.25, 0.3) is 0 Å². The Balaban J connectivity index is 0.00000220. The average molecular weight is 378 g/mol. The summed E-state index contributed by atoms with van der Waals surface area (Å²) in [6, 6.07) is 8.22. The minimum Gasteiger partial charge on any atom is -0.383 e. The fourth-order valence-corrected chi connectivity index (χ4v) is 2.74. The van der Waals surface area contributed by atoms with Crippen LogP contribution in [0.2, 0.25) is 0 Å². The number of carbonyl (C=O) groups is 1. The lowest BCUT2D eigenvalue weighted by atomic mass is 9.72. The molecule has 0 saturated heterocycles. The van der Waals surface area contributed by atoms with Crippen LogP contribution in [0, 0.1) is 0 Å². The van der Waals surface area contributed by atoms with Crippen LogP contribution in [0.15, 0.2) is 28.7 Å². The Labute approximate surface area is 140 Å². The predicted molar refractivity (Wildman–Crippen MR) is 89.8 cm³/mol. The van der Waals surface area contributed by atoms with Gasteiger partial charge in [0, 0.05) is 18.1 Å². The van der Waals surface area contributed by atoms with Crippen LogP contribution >= 0.6 is 28.3 Å². The quantitative estimate of drug-likeness (QED) is 0.718. The standard InChI is InChI=1S/C15H21BrN2O2.ClH/c1-20-10-9-17-11-14(19)18-15(7-2-8-15)12-3-5-13(16)6-4-12;/h3-6,17H,2,7-11H2,1H3,(H,18,19);1H. The lowest BCUT2D eigenvalue weighted by Gasteiger charge is -2.43. The molecule has 0 spiro atoms. The Morgan fingerprint density at radius 2 is 2.00 bits per heavy atom. The molecule has 1 aliphatic carbocycles. The number of amides is 1. The topological polar surface area (TPSA) is 50.4 Å². The van der Waals surface area contributed by atoms with Crippen molar-refractivity contribution in [2.75, 3.05) is 26.8 Å². The fourth-order valence-electron chi connectivity index (χ4n) is 2.47. The van der Waals surface area contributed by atoms with Crippen LogP contribution in [0.1, 0.15) is 24.8 Å². The number of nitrogens with one attached hydrogen (secondary N) is 2. The van der Waals surface area contributed by atoms with Crippen LogP contribution in [0.5, 0.6) is 0 Å². The molecule has 1 saturated carbocycles. The Bertz CT molecular complexity index is 449. The van der Waals surface area contributed by atoms with E-state index in [1.54, 1.807) is 7.11 Å². The van der Waals surface area contributed by atoms with E-state index in [1.165, 1.54) is 5.56 Å². The van der Waals surface area contributed by atoms with E-state index >= 15 is 0 Å². The molecular formula is C15H22BrClN2O2. The molecule has 0 unspecified atom stereocenters. The van der Waals surface area contributed by atoms with E-state index in [1.807, 2.05) is 12.1 Å². The number of carbonyl (C=O) groups excluding carboxylic acids is 1. The van der Waals surface area contributed by atoms with Crippen LogP contribution in [0.3, 0.4) is 0 Å². The van der Waals surface area contributed by atoms with Crippen molar-refractivity contribution in [3.63, 3.8) is 0 Å². The van der Waals surface area contributed by atoms with Crippen LogP contribution in [0.4, 0.5) is 0 Å². The number of hydrogen-bond acceptors (Lipinski definition) is 3. The summed E-state index contributed by atoms with van der Waals surface area (Å²) >= 11 is 3.44. The van der Waals surface area contributed by atoms with E-state index in [2.05, 4.69) is 38.7 Å². The van der Waals surface area contributed by atoms with Gasteiger partial charge in [0.2, 0.25) is 5.91 Å². The Hall–Kier alpha value is -0.620. The Kier molecular flexibility index (Phi) is 7.66. The molecule has 0 atom stereocenters. The maximum absolute atomic E-state index is 12.0. The summed E-state index contributed by atoms with van der Waals surface area (Å²) in [6.45, 7) is 1.64. The zero-order chi connectivity index (χ0) is 14.4. The van der Waals surface area contributed by atoms with Crippen molar-refractivity contribution in [2.45, 2.75) is 24.8 Å². The summed E-state index contributed by atoms with van der Waals surface area (Å²) < 4.78 is 6.00. The molecule has 0 radical (unpaired) electrons. The summed E-state index contributed by atoms with van der Waals surface area (Å²) in [5, 5.41) is 6.26.